The molecule has 0 amide bonds. The van der Waals surface area contributed by atoms with E-state index in [9.17, 15) is 4.39 Å². The predicted octanol–water partition coefficient (Wildman–Crippen LogP) is 0.151. The van der Waals surface area contributed by atoms with E-state index in [0.717, 1.165) is 13.0 Å². The fraction of sp³-hybridized carbons (Fsp3) is 0.714. The Kier molecular flexibility index (Phi) is 2.03. The van der Waals surface area contributed by atoms with Crippen LogP contribution in [-0.4, -0.2) is 34.0 Å². The second kappa shape index (κ2) is 3.18. The summed E-state index contributed by atoms with van der Waals surface area (Å²) in [6.07, 6.45) is 2.95. The third-order valence-corrected chi connectivity index (χ3v) is 2.15. The zero-order valence-corrected chi connectivity index (χ0v) is 6.65. The van der Waals surface area contributed by atoms with Crippen molar-refractivity contribution in [2.75, 3.05) is 13.1 Å². The zero-order chi connectivity index (χ0) is 8.39. The molecule has 2 heterocycles. The molecule has 2 atom stereocenters. The Bertz CT molecular complexity index is 236. The van der Waals surface area contributed by atoms with Gasteiger partial charge in [0.25, 0.3) is 0 Å². The summed E-state index contributed by atoms with van der Waals surface area (Å²) in [6.45, 7) is 1.27. The maximum absolute atomic E-state index is 13.3. The van der Waals surface area contributed by atoms with Crippen molar-refractivity contribution in [2.24, 2.45) is 0 Å². The topological polar surface area (TPSA) is 42.7 Å². The van der Waals surface area contributed by atoms with Gasteiger partial charge in [0, 0.05) is 6.54 Å². The zero-order valence-electron chi connectivity index (χ0n) is 6.65. The van der Waals surface area contributed by atoms with Gasteiger partial charge >= 0.3 is 0 Å². The van der Waals surface area contributed by atoms with Crippen LogP contribution in [0.4, 0.5) is 4.39 Å². The second-order valence-corrected chi connectivity index (χ2v) is 2.95. The first-order valence-corrected chi connectivity index (χ1v) is 4.07. The van der Waals surface area contributed by atoms with Gasteiger partial charge in [0.15, 0.2) is 0 Å². The Hall–Kier alpha value is -0.970. The minimum absolute atomic E-state index is 0.131. The van der Waals surface area contributed by atoms with Gasteiger partial charge in [-0.05, 0) is 13.0 Å². The minimum Gasteiger partial charge on any atom is -0.314 e. The van der Waals surface area contributed by atoms with E-state index in [-0.39, 0.29) is 6.04 Å². The standard InChI is InChI=1S/C7H11FN4/c8-6-3-9-2-1-7(6)12-5-10-4-11-12/h4-7,9H,1-3H2/t6-,7+/m1/s1. The van der Waals surface area contributed by atoms with Crippen molar-refractivity contribution in [2.45, 2.75) is 18.6 Å². The number of piperidine rings is 1. The molecular formula is C7H11FN4. The Morgan fingerprint density at radius 3 is 3.17 bits per heavy atom. The number of alkyl halides is 1. The molecule has 5 heteroatoms. The van der Waals surface area contributed by atoms with Crippen LogP contribution in [0.15, 0.2) is 12.7 Å². The smallest absolute Gasteiger partial charge is 0.137 e. The summed E-state index contributed by atoms with van der Waals surface area (Å²) in [4.78, 5) is 3.80. The summed E-state index contributed by atoms with van der Waals surface area (Å²) >= 11 is 0. The van der Waals surface area contributed by atoms with Gasteiger partial charge in [0.2, 0.25) is 0 Å². The van der Waals surface area contributed by atoms with E-state index in [0.29, 0.717) is 6.54 Å². The lowest BCUT2D eigenvalue weighted by Gasteiger charge is -2.26. The van der Waals surface area contributed by atoms with Crippen LogP contribution in [0.2, 0.25) is 0 Å². The average Bonchev–Trinajstić information content (AvgIpc) is 2.57. The molecule has 1 N–H and O–H groups in total. The van der Waals surface area contributed by atoms with Gasteiger partial charge in [-0.1, -0.05) is 0 Å². The van der Waals surface area contributed by atoms with E-state index in [1.54, 1.807) is 11.0 Å². The summed E-state index contributed by atoms with van der Waals surface area (Å²) in [5, 5.41) is 6.92. The number of nitrogens with one attached hydrogen (secondary N) is 1. The van der Waals surface area contributed by atoms with E-state index in [2.05, 4.69) is 15.4 Å². The molecule has 0 saturated carbocycles. The highest BCUT2D eigenvalue weighted by Gasteiger charge is 2.26. The summed E-state index contributed by atoms with van der Waals surface area (Å²) in [7, 11) is 0. The van der Waals surface area contributed by atoms with Crippen LogP contribution < -0.4 is 5.32 Å². The summed E-state index contributed by atoms with van der Waals surface area (Å²) in [5.74, 6) is 0. The van der Waals surface area contributed by atoms with Crippen LogP contribution in [0, 0.1) is 0 Å². The highest BCUT2D eigenvalue weighted by atomic mass is 19.1. The van der Waals surface area contributed by atoms with Gasteiger partial charge < -0.3 is 5.32 Å². The Balaban J connectivity index is 2.11. The minimum atomic E-state index is -0.847. The Morgan fingerprint density at radius 2 is 2.50 bits per heavy atom. The number of hydrogen-bond donors (Lipinski definition) is 1. The molecule has 66 valence electrons. The van der Waals surface area contributed by atoms with Crippen LogP contribution in [0.25, 0.3) is 0 Å². The monoisotopic (exact) mass is 170 g/mol. The molecule has 0 aliphatic carbocycles. The van der Waals surface area contributed by atoms with Crippen molar-refractivity contribution in [1.29, 1.82) is 0 Å². The average molecular weight is 170 g/mol. The van der Waals surface area contributed by atoms with Crippen LogP contribution in [-0.2, 0) is 0 Å². The normalized spacial score (nSPS) is 30.4. The van der Waals surface area contributed by atoms with Crippen molar-refractivity contribution in [3.05, 3.63) is 12.7 Å². The van der Waals surface area contributed by atoms with Gasteiger partial charge in [0.1, 0.15) is 18.8 Å². The quantitative estimate of drug-likeness (QED) is 0.652. The van der Waals surface area contributed by atoms with Gasteiger partial charge in [-0.15, -0.1) is 0 Å². The highest BCUT2D eigenvalue weighted by Crippen LogP contribution is 2.19. The van der Waals surface area contributed by atoms with Crippen LogP contribution in [0.3, 0.4) is 0 Å². The third-order valence-electron chi connectivity index (χ3n) is 2.15. The van der Waals surface area contributed by atoms with Crippen LogP contribution in [0.1, 0.15) is 12.5 Å². The maximum atomic E-state index is 13.3. The molecule has 0 aromatic carbocycles. The fourth-order valence-corrected chi connectivity index (χ4v) is 1.49. The summed E-state index contributed by atoms with van der Waals surface area (Å²) in [6, 6.07) is -0.131. The molecular weight excluding hydrogens is 159 g/mol. The molecule has 1 aliphatic rings. The third kappa shape index (κ3) is 1.32. The molecule has 4 nitrogen and oxygen atoms in total. The molecule has 0 unspecified atom stereocenters. The van der Waals surface area contributed by atoms with Crippen molar-refractivity contribution in [1.82, 2.24) is 20.1 Å². The largest absolute Gasteiger partial charge is 0.314 e. The van der Waals surface area contributed by atoms with Gasteiger partial charge in [0.05, 0.1) is 6.04 Å². The molecule has 1 aromatic heterocycles. The highest BCUT2D eigenvalue weighted by molar-refractivity contribution is 4.82. The van der Waals surface area contributed by atoms with E-state index < -0.39 is 6.17 Å². The number of hydrogen-bond acceptors (Lipinski definition) is 3. The van der Waals surface area contributed by atoms with Crippen LogP contribution in [0.5, 0.6) is 0 Å². The lowest BCUT2D eigenvalue weighted by atomic mass is 10.1. The first-order valence-electron chi connectivity index (χ1n) is 4.07. The van der Waals surface area contributed by atoms with Gasteiger partial charge in [-0.3, -0.25) is 0 Å². The van der Waals surface area contributed by atoms with Gasteiger partial charge in [-0.2, -0.15) is 5.10 Å². The summed E-state index contributed by atoms with van der Waals surface area (Å²) in [5.41, 5.74) is 0. The van der Waals surface area contributed by atoms with E-state index in [1.807, 2.05) is 0 Å². The van der Waals surface area contributed by atoms with Crippen molar-refractivity contribution in [3.63, 3.8) is 0 Å². The molecule has 1 aliphatic heterocycles. The van der Waals surface area contributed by atoms with Crippen molar-refractivity contribution >= 4 is 0 Å². The SMILES string of the molecule is F[C@@H]1CNCC[C@@H]1n1cncn1. The molecule has 0 spiro atoms. The number of nitrogens with zero attached hydrogens (tertiary/aromatic N) is 3. The van der Waals surface area contributed by atoms with Crippen LogP contribution >= 0.6 is 0 Å². The number of rotatable bonds is 1. The first-order chi connectivity index (χ1) is 5.88. The molecule has 12 heavy (non-hydrogen) atoms. The number of aromatic nitrogens is 3. The van der Waals surface area contributed by atoms with Gasteiger partial charge in [-0.25, -0.2) is 14.1 Å². The van der Waals surface area contributed by atoms with Crippen molar-refractivity contribution < 1.29 is 4.39 Å². The second-order valence-electron chi connectivity index (χ2n) is 2.95. The molecule has 0 radical (unpaired) electrons. The molecule has 1 saturated heterocycles. The Labute approximate surface area is 69.8 Å². The predicted molar refractivity (Wildman–Crippen MR) is 41.4 cm³/mol. The Morgan fingerprint density at radius 1 is 1.58 bits per heavy atom. The maximum Gasteiger partial charge on any atom is 0.137 e. The summed E-state index contributed by atoms with van der Waals surface area (Å²) < 4.78 is 14.9. The molecule has 1 aromatic rings. The lowest BCUT2D eigenvalue weighted by Crippen LogP contribution is -2.39. The van der Waals surface area contributed by atoms with E-state index >= 15 is 0 Å². The molecule has 0 bridgehead atoms. The number of halogens is 1. The van der Waals surface area contributed by atoms with E-state index in [1.165, 1.54) is 6.33 Å². The first kappa shape index (κ1) is 7.67. The molecule has 2 rings (SSSR count). The van der Waals surface area contributed by atoms with Crippen molar-refractivity contribution in [3.8, 4) is 0 Å². The molecule has 1 fully saturated rings. The van der Waals surface area contributed by atoms with E-state index in [4.69, 9.17) is 0 Å². The lowest BCUT2D eigenvalue weighted by molar-refractivity contribution is 0.173. The fourth-order valence-electron chi connectivity index (χ4n) is 1.49.